The molecule has 0 aliphatic carbocycles. The van der Waals surface area contributed by atoms with E-state index < -0.39 is 8.07 Å². The van der Waals surface area contributed by atoms with Gasteiger partial charge in [0.1, 0.15) is 8.07 Å². The molecule has 2 heteroatoms. The van der Waals surface area contributed by atoms with Crippen LogP contribution in [0.5, 0.6) is 0 Å². The molecular formula is C19H31NSi. The minimum Gasteiger partial charge on any atom is -0.326 e. The van der Waals surface area contributed by atoms with Crippen LogP contribution >= 0.6 is 0 Å². The molecule has 0 saturated carbocycles. The van der Waals surface area contributed by atoms with Crippen LogP contribution < -0.4 is 5.73 Å². The summed E-state index contributed by atoms with van der Waals surface area (Å²) in [6, 6.07) is 6.42. The van der Waals surface area contributed by atoms with Gasteiger partial charge in [-0.1, -0.05) is 65.2 Å². The van der Waals surface area contributed by atoms with Gasteiger partial charge in [0.15, 0.2) is 0 Å². The van der Waals surface area contributed by atoms with Crippen molar-refractivity contribution in [2.45, 2.75) is 71.6 Å². The highest BCUT2D eigenvalue weighted by molar-refractivity contribution is 6.90. The van der Waals surface area contributed by atoms with E-state index in [2.05, 4.69) is 78.1 Å². The maximum Gasteiger partial charge on any atom is 0.146 e. The summed E-state index contributed by atoms with van der Waals surface area (Å²) in [6.07, 6.45) is 0. The number of hydrogen-bond donors (Lipinski definition) is 1. The van der Waals surface area contributed by atoms with Crippen molar-refractivity contribution >= 4 is 8.07 Å². The predicted molar refractivity (Wildman–Crippen MR) is 97.0 cm³/mol. The lowest BCUT2D eigenvalue weighted by atomic mass is 10.1. The van der Waals surface area contributed by atoms with Crippen molar-refractivity contribution in [3.8, 4) is 11.5 Å². The Morgan fingerprint density at radius 3 is 1.95 bits per heavy atom. The van der Waals surface area contributed by atoms with E-state index in [4.69, 9.17) is 5.73 Å². The van der Waals surface area contributed by atoms with E-state index in [1.54, 1.807) is 0 Å². The van der Waals surface area contributed by atoms with Crippen LogP contribution in [0.15, 0.2) is 18.2 Å². The molecule has 0 fully saturated rings. The Balaban J connectivity index is 3.35. The molecular weight excluding hydrogens is 270 g/mol. The van der Waals surface area contributed by atoms with Crippen LogP contribution in [0.3, 0.4) is 0 Å². The first-order chi connectivity index (χ1) is 9.75. The van der Waals surface area contributed by atoms with E-state index >= 15 is 0 Å². The van der Waals surface area contributed by atoms with Gasteiger partial charge in [0, 0.05) is 12.1 Å². The van der Waals surface area contributed by atoms with Gasteiger partial charge >= 0.3 is 0 Å². The van der Waals surface area contributed by atoms with Gasteiger partial charge in [0.25, 0.3) is 0 Å². The van der Waals surface area contributed by atoms with Crippen molar-refractivity contribution in [1.82, 2.24) is 0 Å². The summed E-state index contributed by atoms with van der Waals surface area (Å²) in [5.74, 6) is 3.51. The van der Waals surface area contributed by atoms with Crippen LogP contribution in [0.2, 0.25) is 16.6 Å². The SMILES string of the molecule is Cc1ccc(C#C[Si](C(C)C)(C(C)C)C(C)C)c(CN)c1. The number of benzene rings is 1. The molecule has 0 spiro atoms. The molecule has 0 atom stereocenters. The zero-order valence-electron chi connectivity index (χ0n) is 14.7. The second-order valence-corrected chi connectivity index (χ2v) is 12.6. The smallest absolute Gasteiger partial charge is 0.146 e. The summed E-state index contributed by atoms with van der Waals surface area (Å²) >= 11 is 0. The Hall–Kier alpha value is -1.04. The second-order valence-electron chi connectivity index (χ2n) is 7.01. The first kappa shape index (κ1) is 18.0. The summed E-state index contributed by atoms with van der Waals surface area (Å²) in [4.78, 5) is 0. The van der Waals surface area contributed by atoms with Crippen molar-refractivity contribution < 1.29 is 0 Å². The minimum absolute atomic E-state index is 0.561. The van der Waals surface area contributed by atoms with E-state index in [-0.39, 0.29) is 0 Å². The average molecular weight is 302 g/mol. The molecule has 0 radical (unpaired) electrons. The van der Waals surface area contributed by atoms with Gasteiger partial charge in [-0.25, -0.2) is 0 Å². The Morgan fingerprint density at radius 1 is 1.00 bits per heavy atom. The molecule has 0 amide bonds. The van der Waals surface area contributed by atoms with Gasteiger partial charge in [-0.3, -0.25) is 0 Å². The van der Waals surface area contributed by atoms with Crippen LogP contribution in [-0.4, -0.2) is 8.07 Å². The molecule has 116 valence electrons. The summed E-state index contributed by atoms with van der Waals surface area (Å²) in [7, 11) is -1.66. The molecule has 2 N–H and O–H groups in total. The fraction of sp³-hybridized carbons (Fsp3) is 0.579. The molecule has 0 aromatic heterocycles. The van der Waals surface area contributed by atoms with E-state index in [9.17, 15) is 0 Å². The molecule has 0 aliphatic heterocycles. The standard InChI is InChI=1S/C19H31NSi/c1-14(2)21(15(3)4,16(5)6)11-10-18-9-8-17(7)12-19(18)13-20/h8-9,12,14-16H,13,20H2,1-7H3. The van der Waals surface area contributed by atoms with E-state index in [1.807, 2.05) is 0 Å². The molecule has 1 rings (SSSR count). The number of aryl methyl sites for hydroxylation is 1. The third-order valence-corrected chi connectivity index (χ3v) is 11.1. The maximum absolute atomic E-state index is 5.88. The fourth-order valence-corrected chi connectivity index (χ4v) is 8.84. The number of nitrogens with two attached hydrogens (primary N) is 1. The van der Waals surface area contributed by atoms with Crippen LogP contribution in [0.1, 0.15) is 58.2 Å². The Morgan fingerprint density at radius 2 is 1.52 bits per heavy atom. The van der Waals surface area contributed by atoms with E-state index in [1.165, 1.54) is 11.1 Å². The van der Waals surface area contributed by atoms with Crippen molar-refractivity contribution in [1.29, 1.82) is 0 Å². The summed E-state index contributed by atoms with van der Waals surface area (Å²) < 4.78 is 0. The van der Waals surface area contributed by atoms with Crippen molar-refractivity contribution in [3.05, 3.63) is 34.9 Å². The lowest BCUT2D eigenvalue weighted by Crippen LogP contribution is -2.43. The zero-order chi connectivity index (χ0) is 16.2. The van der Waals surface area contributed by atoms with Crippen molar-refractivity contribution in [3.63, 3.8) is 0 Å². The molecule has 21 heavy (non-hydrogen) atoms. The summed E-state index contributed by atoms with van der Waals surface area (Å²) in [5.41, 5.74) is 15.2. The van der Waals surface area contributed by atoms with Gasteiger partial charge in [0.05, 0.1) is 0 Å². The zero-order valence-corrected chi connectivity index (χ0v) is 15.7. The molecule has 1 aromatic carbocycles. The number of hydrogen-bond acceptors (Lipinski definition) is 1. The van der Waals surface area contributed by atoms with Gasteiger partial charge < -0.3 is 5.73 Å². The van der Waals surface area contributed by atoms with Crippen LogP contribution in [0.25, 0.3) is 0 Å². The summed E-state index contributed by atoms with van der Waals surface area (Å²) in [6.45, 7) is 16.7. The first-order valence-electron chi connectivity index (χ1n) is 8.08. The minimum atomic E-state index is -1.66. The second kappa shape index (κ2) is 7.29. The summed E-state index contributed by atoms with van der Waals surface area (Å²) in [5, 5.41) is 0. The Labute approximate surface area is 132 Å². The lowest BCUT2D eigenvalue weighted by molar-refractivity contribution is 0.838. The molecule has 0 saturated heterocycles. The van der Waals surface area contributed by atoms with Crippen LogP contribution in [0.4, 0.5) is 0 Å². The average Bonchev–Trinajstić information content (AvgIpc) is 2.39. The molecule has 0 heterocycles. The molecule has 1 aromatic rings. The van der Waals surface area contributed by atoms with E-state index in [0.29, 0.717) is 23.2 Å². The van der Waals surface area contributed by atoms with Crippen LogP contribution in [0, 0.1) is 18.4 Å². The van der Waals surface area contributed by atoms with Crippen molar-refractivity contribution in [2.24, 2.45) is 5.73 Å². The van der Waals surface area contributed by atoms with Gasteiger partial charge in [-0.05, 0) is 35.2 Å². The third kappa shape index (κ3) is 3.78. The van der Waals surface area contributed by atoms with Crippen molar-refractivity contribution in [2.75, 3.05) is 0 Å². The quantitative estimate of drug-likeness (QED) is 0.613. The van der Waals surface area contributed by atoms with Crippen LogP contribution in [-0.2, 0) is 6.54 Å². The third-order valence-electron chi connectivity index (χ3n) is 4.76. The largest absolute Gasteiger partial charge is 0.326 e. The Kier molecular flexibility index (Phi) is 6.25. The van der Waals surface area contributed by atoms with E-state index in [0.717, 1.165) is 5.56 Å². The predicted octanol–water partition coefficient (Wildman–Crippen LogP) is 5.02. The molecule has 0 aliphatic rings. The van der Waals surface area contributed by atoms with Gasteiger partial charge in [0.2, 0.25) is 0 Å². The monoisotopic (exact) mass is 301 g/mol. The highest BCUT2D eigenvalue weighted by Crippen LogP contribution is 2.40. The highest BCUT2D eigenvalue weighted by Gasteiger charge is 2.41. The normalized spacial score (nSPS) is 12.0. The number of rotatable bonds is 4. The molecule has 0 bridgehead atoms. The molecule has 1 nitrogen and oxygen atoms in total. The fourth-order valence-electron chi connectivity index (χ4n) is 3.62. The Bertz CT molecular complexity index is 510. The van der Waals surface area contributed by atoms with Gasteiger partial charge in [-0.15, -0.1) is 5.54 Å². The first-order valence-corrected chi connectivity index (χ1v) is 10.3. The topological polar surface area (TPSA) is 26.0 Å². The lowest BCUT2D eigenvalue weighted by Gasteiger charge is -2.38. The van der Waals surface area contributed by atoms with Gasteiger partial charge in [-0.2, -0.15) is 0 Å². The highest BCUT2D eigenvalue weighted by atomic mass is 28.3. The maximum atomic E-state index is 5.88. The molecule has 0 unspecified atom stereocenters.